The van der Waals surface area contributed by atoms with Gasteiger partial charge < -0.3 is 20.3 Å². The lowest BCUT2D eigenvalue weighted by molar-refractivity contribution is 0.122. The van der Waals surface area contributed by atoms with Crippen LogP contribution in [0.1, 0.15) is 20.3 Å². The molecule has 1 aliphatic rings. The second-order valence-corrected chi connectivity index (χ2v) is 5.83. The third-order valence-corrected chi connectivity index (χ3v) is 3.56. The molecule has 0 aliphatic carbocycles. The van der Waals surface area contributed by atoms with Gasteiger partial charge in [0, 0.05) is 25.3 Å². The summed E-state index contributed by atoms with van der Waals surface area (Å²) in [6.45, 7) is 7.38. The van der Waals surface area contributed by atoms with Gasteiger partial charge in [-0.2, -0.15) is 0 Å². The van der Waals surface area contributed by atoms with Gasteiger partial charge in [-0.15, -0.1) is 0 Å². The maximum atomic E-state index is 14.2. The Labute approximate surface area is 130 Å². The van der Waals surface area contributed by atoms with E-state index in [4.69, 9.17) is 4.74 Å². The third kappa shape index (κ3) is 4.87. The molecule has 2 rings (SSSR count). The van der Waals surface area contributed by atoms with Gasteiger partial charge in [-0.05, 0) is 30.5 Å². The van der Waals surface area contributed by atoms with E-state index in [1.165, 1.54) is 6.07 Å². The summed E-state index contributed by atoms with van der Waals surface area (Å²) in [6.07, 6.45) is 0.914. The standard InChI is InChI=1S/C16H24FN3O2/c1-12(2)5-6-18-16(21)19-13-3-4-15(14(17)11-13)20-7-9-22-10-8-20/h3-4,11-12H,5-10H2,1-2H3,(H2,18,19,21). The lowest BCUT2D eigenvalue weighted by atomic mass is 10.1. The maximum Gasteiger partial charge on any atom is 0.319 e. The molecule has 22 heavy (non-hydrogen) atoms. The smallest absolute Gasteiger partial charge is 0.319 e. The first-order valence-electron chi connectivity index (χ1n) is 7.73. The Morgan fingerprint density at radius 1 is 1.36 bits per heavy atom. The van der Waals surface area contributed by atoms with E-state index in [-0.39, 0.29) is 11.8 Å². The number of hydrogen-bond acceptors (Lipinski definition) is 3. The first-order chi connectivity index (χ1) is 10.6. The molecule has 6 heteroatoms. The van der Waals surface area contributed by atoms with Crippen LogP contribution in [0.15, 0.2) is 18.2 Å². The number of ether oxygens (including phenoxy) is 1. The number of halogens is 1. The van der Waals surface area contributed by atoms with Gasteiger partial charge in [-0.25, -0.2) is 9.18 Å². The van der Waals surface area contributed by atoms with Crippen LogP contribution in [0.5, 0.6) is 0 Å². The molecule has 1 saturated heterocycles. The fourth-order valence-electron chi connectivity index (χ4n) is 2.30. The summed E-state index contributed by atoms with van der Waals surface area (Å²) in [5.74, 6) is 0.201. The monoisotopic (exact) mass is 309 g/mol. The fourth-order valence-corrected chi connectivity index (χ4v) is 2.30. The summed E-state index contributed by atoms with van der Waals surface area (Å²) in [6, 6.07) is 4.46. The van der Waals surface area contributed by atoms with Crippen LogP contribution < -0.4 is 15.5 Å². The Morgan fingerprint density at radius 2 is 2.09 bits per heavy atom. The number of rotatable bonds is 5. The molecule has 0 radical (unpaired) electrons. The molecule has 5 nitrogen and oxygen atoms in total. The third-order valence-electron chi connectivity index (χ3n) is 3.56. The molecule has 0 unspecified atom stereocenters. The molecular weight excluding hydrogens is 285 g/mol. The minimum Gasteiger partial charge on any atom is -0.378 e. The first-order valence-corrected chi connectivity index (χ1v) is 7.73. The van der Waals surface area contributed by atoms with Crippen molar-refractivity contribution in [2.45, 2.75) is 20.3 Å². The van der Waals surface area contributed by atoms with Crippen LogP contribution in [-0.2, 0) is 4.74 Å². The van der Waals surface area contributed by atoms with E-state index >= 15 is 0 Å². The van der Waals surface area contributed by atoms with E-state index in [1.54, 1.807) is 12.1 Å². The van der Waals surface area contributed by atoms with Crippen LogP contribution in [0, 0.1) is 11.7 Å². The molecule has 2 N–H and O–H groups in total. The SMILES string of the molecule is CC(C)CCNC(=O)Nc1ccc(N2CCOCC2)c(F)c1. The summed E-state index contributed by atoms with van der Waals surface area (Å²) in [7, 11) is 0. The lowest BCUT2D eigenvalue weighted by Gasteiger charge is -2.29. The highest BCUT2D eigenvalue weighted by Crippen LogP contribution is 2.23. The molecule has 0 spiro atoms. The number of benzene rings is 1. The van der Waals surface area contributed by atoms with E-state index in [0.29, 0.717) is 50.1 Å². The first kappa shape index (κ1) is 16.5. The molecule has 1 fully saturated rings. The van der Waals surface area contributed by atoms with E-state index in [2.05, 4.69) is 24.5 Å². The van der Waals surface area contributed by atoms with Crippen molar-refractivity contribution in [2.75, 3.05) is 43.1 Å². The second-order valence-electron chi connectivity index (χ2n) is 5.83. The molecule has 0 aromatic heterocycles. The van der Waals surface area contributed by atoms with Crippen molar-refractivity contribution < 1.29 is 13.9 Å². The molecule has 1 aliphatic heterocycles. The van der Waals surface area contributed by atoms with Gasteiger partial charge in [0.15, 0.2) is 0 Å². The normalized spacial score (nSPS) is 15.0. The van der Waals surface area contributed by atoms with Crippen molar-refractivity contribution in [1.29, 1.82) is 0 Å². The lowest BCUT2D eigenvalue weighted by Crippen LogP contribution is -2.36. The van der Waals surface area contributed by atoms with Gasteiger partial charge in [0.25, 0.3) is 0 Å². The number of nitrogens with zero attached hydrogens (tertiary/aromatic N) is 1. The number of carbonyl (C=O) groups excluding carboxylic acids is 1. The zero-order chi connectivity index (χ0) is 15.9. The molecule has 0 saturated carbocycles. The van der Waals surface area contributed by atoms with Crippen molar-refractivity contribution in [3.63, 3.8) is 0 Å². The van der Waals surface area contributed by atoms with Crippen LogP contribution in [-0.4, -0.2) is 38.9 Å². The highest BCUT2D eigenvalue weighted by atomic mass is 19.1. The Balaban J connectivity index is 1.90. The number of urea groups is 1. The van der Waals surface area contributed by atoms with E-state index in [9.17, 15) is 9.18 Å². The molecule has 122 valence electrons. The van der Waals surface area contributed by atoms with Gasteiger partial charge in [-0.3, -0.25) is 0 Å². The summed E-state index contributed by atoms with van der Waals surface area (Å²) in [4.78, 5) is 13.7. The maximum absolute atomic E-state index is 14.2. The Kier molecular flexibility index (Phi) is 6.00. The van der Waals surface area contributed by atoms with Crippen molar-refractivity contribution in [3.05, 3.63) is 24.0 Å². The highest BCUT2D eigenvalue weighted by Gasteiger charge is 2.15. The Bertz CT molecular complexity index is 502. The van der Waals surface area contributed by atoms with Crippen molar-refractivity contribution in [2.24, 2.45) is 5.92 Å². The zero-order valence-corrected chi connectivity index (χ0v) is 13.2. The number of anilines is 2. The quantitative estimate of drug-likeness (QED) is 0.879. The van der Waals surface area contributed by atoms with Gasteiger partial charge in [-0.1, -0.05) is 13.8 Å². The number of hydrogen-bond donors (Lipinski definition) is 2. The molecule has 0 bridgehead atoms. The minimum atomic E-state index is -0.332. The Hall–Kier alpha value is -1.82. The van der Waals surface area contributed by atoms with Gasteiger partial charge >= 0.3 is 6.03 Å². The molecule has 0 atom stereocenters. The van der Waals surface area contributed by atoms with Crippen molar-refractivity contribution in [3.8, 4) is 0 Å². The van der Waals surface area contributed by atoms with Gasteiger partial charge in [0.05, 0.1) is 18.9 Å². The highest BCUT2D eigenvalue weighted by molar-refractivity contribution is 5.89. The molecule has 1 aromatic carbocycles. The number of amides is 2. The molecule has 1 heterocycles. The minimum absolute atomic E-state index is 0.306. The van der Waals surface area contributed by atoms with Gasteiger partial charge in [0.2, 0.25) is 0 Å². The molecule has 2 amide bonds. The van der Waals surface area contributed by atoms with Crippen LogP contribution in [0.3, 0.4) is 0 Å². The van der Waals surface area contributed by atoms with E-state index in [1.807, 2.05) is 4.90 Å². The summed E-state index contributed by atoms with van der Waals surface area (Å²) >= 11 is 0. The van der Waals surface area contributed by atoms with Crippen molar-refractivity contribution in [1.82, 2.24) is 5.32 Å². The van der Waals surface area contributed by atoms with Crippen LogP contribution in [0.2, 0.25) is 0 Å². The fraction of sp³-hybridized carbons (Fsp3) is 0.562. The van der Waals surface area contributed by atoms with E-state index in [0.717, 1.165) is 6.42 Å². The van der Waals surface area contributed by atoms with Crippen molar-refractivity contribution >= 4 is 17.4 Å². The summed E-state index contributed by atoms with van der Waals surface area (Å²) in [5, 5.41) is 5.41. The number of carbonyl (C=O) groups is 1. The predicted molar refractivity (Wildman–Crippen MR) is 85.9 cm³/mol. The van der Waals surface area contributed by atoms with Crippen LogP contribution in [0.25, 0.3) is 0 Å². The van der Waals surface area contributed by atoms with Crippen LogP contribution in [0.4, 0.5) is 20.6 Å². The average molecular weight is 309 g/mol. The summed E-state index contributed by atoms with van der Waals surface area (Å²) < 4.78 is 19.5. The average Bonchev–Trinajstić information content (AvgIpc) is 2.48. The number of nitrogens with one attached hydrogen (secondary N) is 2. The van der Waals surface area contributed by atoms with E-state index < -0.39 is 0 Å². The van der Waals surface area contributed by atoms with Crippen LogP contribution >= 0.6 is 0 Å². The molecular formula is C16H24FN3O2. The second kappa shape index (κ2) is 7.98. The predicted octanol–water partition coefficient (Wildman–Crippen LogP) is 2.83. The zero-order valence-electron chi connectivity index (χ0n) is 13.2. The Morgan fingerprint density at radius 3 is 2.73 bits per heavy atom. The topological polar surface area (TPSA) is 53.6 Å². The molecule has 1 aromatic rings. The number of morpholine rings is 1. The largest absolute Gasteiger partial charge is 0.378 e. The van der Waals surface area contributed by atoms with Gasteiger partial charge in [0.1, 0.15) is 5.82 Å². The summed E-state index contributed by atoms with van der Waals surface area (Å²) in [5.41, 5.74) is 1.01.